The molecule has 0 spiro atoms. The zero-order chi connectivity index (χ0) is 13.9. The second kappa shape index (κ2) is 5.85. The van der Waals surface area contributed by atoms with Crippen LogP contribution in [0, 0.1) is 13.8 Å². The molecule has 2 atom stereocenters. The van der Waals surface area contributed by atoms with Gasteiger partial charge in [-0.3, -0.25) is 0 Å². The Bertz CT molecular complexity index is 509. The molecule has 0 bridgehead atoms. The Balaban J connectivity index is 3.17. The molecule has 0 radical (unpaired) electrons. The average Bonchev–Trinajstić information content (AvgIpc) is 2.31. The van der Waals surface area contributed by atoms with Crippen LogP contribution < -0.4 is 5.32 Å². The van der Waals surface area contributed by atoms with Gasteiger partial charge in [0.15, 0.2) is 9.84 Å². The third-order valence-corrected chi connectivity index (χ3v) is 5.81. The first-order valence-electron chi connectivity index (χ1n) is 6.35. The molecule has 18 heavy (non-hydrogen) atoms. The van der Waals surface area contributed by atoms with Gasteiger partial charge in [-0.05, 0) is 51.4 Å². The second-order valence-corrected chi connectivity index (χ2v) is 7.14. The third-order valence-electron chi connectivity index (χ3n) is 3.37. The topological polar surface area (TPSA) is 46.2 Å². The number of aryl methyl sites for hydroxylation is 2. The maximum atomic E-state index is 12.6. The van der Waals surface area contributed by atoms with E-state index in [-0.39, 0.29) is 6.04 Å². The molecule has 0 saturated heterocycles. The van der Waals surface area contributed by atoms with Gasteiger partial charge in [0.25, 0.3) is 0 Å². The van der Waals surface area contributed by atoms with E-state index in [9.17, 15) is 8.42 Å². The van der Waals surface area contributed by atoms with Crippen LogP contribution in [0.5, 0.6) is 0 Å². The summed E-state index contributed by atoms with van der Waals surface area (Å²) in [4.78, 5) is 0.458. The second-order valence-electron chi connectivity index (χ2n) is 4.87. The van der Waals surface area contributed by atoms with E-state index >= 15 is 0 Å². The van der Waals surface area contributed by atoms with Crippen LogP contribution in [0.15, 0.2) is 23.1 Å². The maximum Gasteiger partial charge on any atom is 0.182 e. The Morgan fingerprint density at radius 2 is 1.83 bits per heavy atom. The van der Waals surface area contributed by atoms with Gasteiger partial charge in [0.05, 0.1) is 10.1 Å². The van der Waals surface area contributed by atoms with Crippen LogP contribution in [-0.2, 0) is 9.84 Å². The fourth-order valence-corrected chi connectivity index (χ4v) is 3.87. The van der Waals surface area contributed by atoms with Crippen molar-refractivity contribution < 1.29 is 8.42 Å². The minimum absolute atomic E-state index is 0.0556. The summed E-state index contributed by atoms with van der Waals surface area (Å²) in [6, 6.07) is 5.51. The Hall–Kier alpha value is -0.870. The minimum Gasteiger partial charge on any atom is -0.313 e. The lowest BCUT2D eigenvalue weighted by Crippen LogP contribution is -2.40. The summed E-state index contributed by atoms with van der Waals surface area (Å²) in [5.41, 5.74) is 1.79. The van der Waals surface area contributed by atoms with E-state index < -0.39 is 15.1 Å². The fraction of sp³-hybridized carbons (Fsp3) is 0.571. The van der Waals surface area contributed by atoms with Gasteiger partial charge in [0.1, 0.15) is 0 Å². The summed E-state index contributed by atoms with van der Waals surface area (Å²) < 4.78 is 25.2. The number of nitrogens with one attached hydrogen (secondary N) is 1. The molecule has 0 aliphatic heterocycles. The number of hydrogen-bond donors (Lipinski definition) is 1. The summed E-state index contributed by atoms with van der Waals surface area (Å²) >= 11 is 0. The quantitative estimate of drug-likeness (QED) is 0.893. The first kappa shape index (κ1) is 15.2. The Morgan fingerprint density at radius 3 is 2.39 bits per heavy atom. The van der Waals surface area contributed by atoms with Crippen molar-refractivity contribution in [2.24, 2.45) is 0 Å². The lowest BCUT2D eigenvalue weighted by molar-refractivity contribution is 0.520. The van der Waals surface area contributed by atoms with Gasteiger partial charge in [-0.1, -0.05) is 19.1 Å². The van der Waals surface area contributed by atoms with Gasteiger partial charge in [-0.2, -0.15) is 0 Å². The molecule has 1 N–H and O–H groups in total. The largest absolute Gasteiger partial charge is 0.313 e. The van der Waals surface area contributed by atoms with Crippen LogP contribution in [0.4, 0.5) is 0 Å². The molecule has 0 heterocycles. The first-order valence-corrected chi connectivity index (χ1v) is 7.89. The summed E-state index contributed by atoms with van der Waals surface area (Å²) in [5, 5.41) is 2.74. The van der Waals surface area contributed by atoms with Crippen molar-refractivity contribution in [1.82, 2.24) is 5.32 Å². The van der Waals surface area contributed by atoms with Crippen LogP contribution >= 0.6 is 0 Å². The molecule has 0 aliphatic carbocycles. The zero-order valence-electron chi connectivity index (χ0n) is 11.8. The molecule has 1 aromatic carbocycles. The molecule has 0 amide bonds. The maximum absolute atomic E-state index is 12.6. The molecule has 0 saturated carbocycles. The first-order chi connectivity index (χ1) is 8.30. The number of hydrogen-bond acceptors (Lipinski definition) is 3. The van der Waals surface area contributed by atoms with Gasteiger partial charge >= 0.3 is 0 Å². The highest BCUT2D eigenvalue weighted by Gasteiger charge is 2.29. The van der Waals surface area contributed by atoms with E-state index in [0.29, 0.717) is 4.90 Å². The van der Waals surface area contributed by atoms with Crippen molar-refractivity contribution in [3.8, 4) is 0 Å². The number of sulfone groups is 1. The van der Waals surface area contributed by atoms with E-state index in [1.165, 1.54) is 0 Å². The van der Waals surface area contributed by atoms with E-state index in [2.05, 4.69) is 5.32 Å². The molecule has 4 heteroatoms. The van der Waals surface area contributed by atoms with Crippen molar-refractivity contribution in [2.75, 3.05) is 6.54 Å². The van der Waals surface area contributed by atoms with Crippen LogP contribution in [0.25, 0.3) is 0 Å². The summed E-state index contributed by atoms with van der Waals surface area (Å²) in [5.74, 6) is 0. The van der Waals surface area contributed by atoms with Crippen LogP contribution in [0.2, 0.25) is 0 Å². The van der Waals surface area contributed by atoms with Crippen molar-refractivity contribution in [3.63, 3.8) is 0 Å². The molecule has 1 rings (SSSR count). The van der Waals surface area contributed by atoms with Crippen molar-refractivity contribution in [1.29, 1.82) is 0 Å². The molecule has 0 fully saturated rings. The zero-order valence-corrected chi connectivity index (χ0v) is 12.6. The highest BCUT2D eigenvalue weighted by molar-refractivity contribution is 7.92. The van der Waals surface area contributed by atoms with Gasteiger partial charge in [0.2, 0.25) is 0 Å². The van der Waals surface area contributed by atoms with Crippen LogP contribution in [0.1, 0.15) is 31.9 Å². The lowest BCUT2D eigenvalue weighted by atomic mass is 10.2. The molecular formula is C14H23NO2S. The van der Waals surface area contributed by atoms with E-state index in [4.69, 9.17) is 0 Å². The van der Waals surface area contributed by atoms with Gasteiger partial charge in [-0.25, -0.2) is 8.42 Å². The van der Waals surface area contributed by atoms with Crippen molar-refractivity contribution in [2.45, 2.75) is 50.8 Å². The van der Waals surface area contributed by atoms with Crippen molar-refractivity contribution >= 4 is 9.84 Å². The third kappa shape index (κ3) is 3.12. The van der Waals surface area contributed by atoms with Gasteiger partial charge < -0.3 is 5.32 Å². The molecule has 2 unspecified atom stereocenters. The summed E-state index contributed by atoms with van der Waals surface area (Å²) in [6.07, 6.45) is 0. The number of benzene rings is 1. The lowest BCUT2D eigenvalue weighted by Gasteiger charge is -2.22. The Kier molecular flexibility index (Phi) is 4.93. The van der Waals surface area contributed by atoms with E-state index in [1.54, 1.807) is 13.0 Å². The highest BCUT2D eigenvalue weighted by atomic mass is 32.2. The van der Waals surface area contributed by atoms with Crippen LogP contribution in [0.3, 0.4) is 0 Å². The standard InChI is InChI=1S/C14H23NO2S/c1-6-15-12(4)13(5)18(16,17)14-9-10(2)7-8-11(14)3/h7-9,12-13,15H,6H2,1-5H3. The Morgan fingerprint density at radius 1 is 1.22 bits per heavy atom. The Labute approximate surface area is 111 Å². The predicted octanol–water partition coefficient (Wildman–Crippen LogP) is 2.46. The van der Waals surface area contributed by atoms with E-state index in [1.807, 2.05) is 39.8 Å². The molecular weight excluding hydrogens is 246 g/mol. The molecule has 0 aromatic heterocycles. The molecule has 1 aromatic rings. The van der Waals surface area contributed by atoms with Gasteiger partial charge in [0, 0.05) is 6.04 Å². The minimum atomic E-state index is -3.28. The predicted molar refractivity (Wildman–Crippen MR) is 75.7 cm³/mol. The molecule has 0 aliphatic rings. The normalized spacial score (nSPS) is 15.4. The van der Waals surface area contributed by atoms with E-state index in [0.717, 1.165) is 17.7 Å². The summed E-state index contributed by atoms with van der Waals surface area (Å²) in [6.45, 7) is 10.2. The van der Waals surface area contributed by atoms with Crippen molar-refractivity contribution in [3.05, 3.63) is 29.3 Å². The fourth-order valence-electron chi connectivity index (χ4n) is 1.97. The highest BCUT2D eigenvalue weighted by Crippen LogP contribution is 2.23. The number of rotatable bonds is 5. The van der Waals surface area contributed by atoms with Crippen LogP contribution in [-0.4, -0.2) is 26.3 Å². The molecule has 3 nitrogen and oxygen atoms in total. The molecule has 102 valence electrons. The summed E-state index contributed by atoms with van der Waals surface area (Å²) in [7, 11) is -3.28. The van der Waals surface area contributed by atoms with Gasteiger partial charge in [-0.15, -0.1) is 0 Å². The SMILES string of the molecule is CCNC(C)C(C)S(=O)(=O)c1cc(C)ccc1C. The monoisotopic (exact) mass is 269 g/mol. The average molecular weight is 269 g/mol. The smallest absolute Gasteiger partial charge is 0.182 e.